The fourth-order valence-corrected chi connectivity index (χ4v) is 4.70. The van der Waals surface area contributed by atoms with Crippen LogP contribution in [0.1, 0.15) is 35.4 Å². The third-order valence-electron chi connectivity index (χ3n) is 4.75. The minimum absolute atomic E-state index is 0.0432. The molecule has 3 aromatic rings. The number of aromatic nitrogens is 1. The molecule has 0 spiro atoms. The van der Waals surface area contributed by atoms with Crippen LogP contribution in [0, 0.1) is 5.82 Å². The zero-order valence-corrected chi connectivity index (χ0v) is 17.7. The van der Waals surface area contributed by atoms with Crippen molar-refractivity contribution in [2.75, 3.05) is 12.0 Å². The fraction of sp³-hybridized carbons (Fsp3) is 0.300. The Morgan fingerprint density at radius 1 is 1.29 bits per heavy atom. The van der Waals surface area contributed by atoms with Gasteiger partial charge in [-0.25, -0.2) is 4.39 Å². The first kappa shape index (κ1) is 21.2. The van der Waals surface area contributed by atoms with Gasteiger partial charge in [-0.2, -0.15) is 20.2 Å². The van der Waals surface area contributed by atoms with Crippen molar-refractivity contribution in [3.63, 3.8) is 0 Å². The maximum Gasteiger partial charge on any atom is 0.264 e. The number of para-hydroxylation sites is 1. The molecule has 4 nitrogen and oxygen atoms in total. The lowest BCUT2D eigenvalue weighted by atomic mass is 9.87. The monoisotopic (exact) mass is 441 g/mol. The number of rotatable bonds is 8. The second kappa shape index (κ2) is 8.86. The highest BCUT2D eigenvalue weighted by Gasteiger charge is 2.21. The summed E-state index contributed by atoms with van der Waals surface area (Å²) >= 11 is 7.55. The summed E-state index contributed by atoms with van der Waals surface area (Å²) < 4.78 is 45.4. The SMILES string of the molecule is CSCc1cccc2c(C(CCCS(=O)(=O)O)c3ccc(Cl)c(F)c3)c[nH]c12. The number of H-pyrrole nitrogens is 1. The standard InChI is InChI=1S/C20H21ClFNO3S2/c1-27-12-14-4-2-5-16-17(11-23-20(14)16)15(6-3-9-28(24,25)26)13-7-8-18(21)19(22)10-13/h2,4-5,7-8,10-11,15,23H,3,6,9,12H2,1H3,(H,24,25,26). The molecule has 0 amide bonds. The van der Waals surface area contributed by atoms with Crippen LogP contribution in [0.4, 0.5) is 4.39 Å². The van der Waals surface area contributed by atoms with Crippen molar-refractivity contribution < 1.29 is 17.4 Å². The molecule has 0 bridgehead atoms. The molecule has 8 heteroatoms. The highest BCUT2D eigenvalue weighted by atomic mass is 35.5. The molecule has 0 aliphatic heterocycles. The van der Waals surface area contributed by atoms with Gasteiger partial charge < -0.3 is 4.98 Å². The second-order valence-electron chi connectivity index (χ2n) is 6.67. The van der Waals surface area contributed by atoms with Gasteiger partial charge in [-0.15, -0.1) is 0 Å². The van der Waals surface area contributed by atoms with Crippen LogP contribution in [0.3, 0.4) is 0 Å². The van der Waals surface area contributed by atoms with Gasteiger partial charge in [0.15, 0.2) is 0 Å². The first-order chi connectivity index (χ1) is 13.3. The molecule has 0 fully saturated rings. The molecular formula is C20H21ClFNO3S2. The summed E-state index contributed by atoms with van der Waals surface area (Å²) in [6.07, 6.45) is 4.64. The Kier molecular flexibility index (Phi) is 6.70. The molecule has 0 saturated carbocycles. The zero-order chi connectivity index (χ0) is 20.3. The second-order valence-corrected chi connectivity index (χ2v) is 9.52. The van der Waals surface area contributed by atoms with Gasteiger partial charge in [-0.1, -0.05) is 35.9 Å². The lowest BCUT2D eigenvalue weighted by molar-refractivity contribution is 0.479. The van der Waals surface area contributed by atoms with Gasteiger partial charge >= 0.3 is 0 Å². The summed E-state index contributed by atoms with van der Waals surface area (Å²) in [4.78, 5) is 3.32. The number of hydrogen-bond donors (Lipinski definition) is 2. The molecule has 0 aliphatic carbocycles. The van der Waals surface area contributed by atoms with Crippen molar-refractivity contribution in [1.82, 2.24) is 4.98 Å². The molecule has 28 heavy (non-hydrogen) atoms. The minimum Gasteiger partial charge on any atom is -0.361 e. The Morgan fingerprint density at radius 2 is 2.07 bits per heavy atom. The molecule has 0 saturated heterocycles. The zero-order valence-electron chi connectivity index (χ0n) is 15.3. The Hall–Kier alpha value is -1.54. The van der Waals surface area contributed by atoms with E-state index in [2.05, 4.69) is 11.1 Å². The van der Waals surface area contributed by atoms with Crippen molar-refractivity contribution in [1.29, 1.82) is 0 Å². The van der Waals surface area contributed by atoms with E-state index in [1.54, 1.807) is 17.8 Å². The summed E-state index contributed by atoms with van der Waals surface area (Å²) in [5.41, 5.74) is 3.89. The van der Waals surface area contributed by atoms with Gasteiger partial charge in [-0.3, -0.25) is 4.55 Å². The average Bonchev–Trinajstić information content (AvgIpc) is 3.05. The van der Waals surface area contributed by atoms with E-state index in [-0.39, 0.29) is 23.1 Å². The molecule has 2 N–H and O–H groups in total. The summed E-state index contributed by atoms with van der Waals surface area (Å²) in [5, 5.41) is 1.07. The van der Waals surface area contributed by atoms with E-state index < -0.39 is 15.9 Å². The van der Waals surface area contributed by atoms with Gasteiger partial charge in [0.2, 0.25) is 0 Å². The molecular weight excluding hydrogens is 421 g/mol. The molecule has 2 aromatic carbocycles. The van der Waals surface area contributed by atoms with Crippen LogP contribution < -0.4 is 0 Å². The maximum absolute atomic E-state index is 14.1. The quantitative estimate of drug-likeness (QED) is 0.445. The van der Waals surface area contributed by atoms with Crippen molar-refractivity contribution in [3.8, 4) is 0 Å². The van der Waals surface area contributed by atoms with Gasteiger partial charge in [0.25, 0.3) is 10.1 Å². The number of benzene rings is 2. The predicted octanol–water partition coefficient (Wildman–Crippen LogP) is 5.62. The van der Waals surface area contributed by atoms with Crippen LogP contribution in [-0.4, -0.2) is 30.0 Å². The molecule has 0 aliphatic rings. The number of hydrogen-bond acceptors (Lipinski definition) is 3. The Balaban J connectivity index is 2.04. The summed E-state index contributed by atoms with van der Waals surface area (Å²) in [6, 6.07) is 10.7. The molecule has 1 atom stereocenters. The van der Waals surface area contributed by atoms with E-state index in [9.17, 15) is 12.8 Å². The van der Waals surface area contributed by atoms with E-state index in [1.807, 2.05) is 24.6 Å². The highest BCUT2D eigenvalue weighted by Crippen LogP contribution is 2.36. The summed E-state index contributed by atoms with van der Waals surface area (Å²) in [7, 11) is -4.05. The van der Waals surface area contributed by atoms with Crippen LogP contribution in [0.25, 0.3) is 10.9 Å². The van der Waals surface area contributed by atoms with Gasteiger partial charge in [-0.05, 0) is 47.9 Å². The van der Waals surface area contributed by atoms with Crippen LogP contribution in [0.2, 0.25) is 5.02 Å². The minimum atomic E-state index is -4.05. The van der Waals surface area contributed by atoms with Gasteiger partial charge in [0.05, 0.1) is 10.8 Å². The Morgan fingerprint density at radius 3 is 2.75 bits per heavy atom. The Labute approximate surface area is 173 Å². The number of halogens is 2. The Bertz CT molecular complexity index is 1080. The average molecular weight is 442 g/mol. The van der Waals surface area contributed by atoms with Crippen molar-refractivity contribution in [2.45, 2.75) is 24.5 Å². The topological polar surface area (TPSA) is 70.2 Å². The smallest absolute Gasteiger partial charge is 0.264 e. The maximum atomic E-state index is 14.1. The largest absolute Gasteiger partial charge is 0.361 e. The molecule has 1 unspecified atom stereocenters. The molecule has 150 valence electrons. The third kappa shape index (κ3) is 4.89. The van der Waals surface area contributed by atoms with Gasteiger partial charge in [0, 0.05) is 28.8 Å². The summed E-state index contributed by atoms with van der Waals surface area (Å²) in [6.45, 7) is 0. The number of aromatic amines is 1. The van der Waals surface area contributed by atoms with Gasteiger partial charge in [0.1, 0.15) is 5.82 Å². The van der Waals surface area contributed by atoms with Crippen LogP contribution in [0.15, 0.2) is 42.6 Å². The molecule has 1 heterocycles. The lowest BCUT2D eigenvalue weighted by Gasteiger charge is -2.18. The van der Waals surface area contributed by atoms with E-state index in [1.165, 1.54) is 17.7 Å². The first-order valence-electron chi connectivity index (χ1n) is 8.78. The predicted molar refractivity (Wildman–Crippen MR) is 114 cm³/mol. The summed E-state index contributed by atoms with van der Waals surface area (Å²) in [5.74, 6) is -0.214. The van der Waals surface area contributed by atoms with Crippen molar-refractivity contribution in [2.24, 2.45) is 0 Å². The lowest BCUT2D eigenvalue weighted by Crippen LogP contribution is -2.08. The van der Waals surface area contributed by atoms with E-state index in [0.29, 0.717) is 12.0 Å². The molecule has 0 radical (unpaired) electrons. The van der Waals surface area contributed by atoms with E-state index >= 15 is 0 Å². The van der Waals surface area contributed by atoms with Crippen molar-refractivity contribution in [3.05, 3.63) is 70.1 Å². The van der Waals surface area contributed by atoms with E-state index in [4.69, 9.17) is 16.2 Å². The number of fused-ring (bicyclic) bond motifs is 1. The number of thioether (sulfide) groups is 1. The van der Waals surface area contributed by atoms with Crippen LogP contribution in [0.5, 0.6) is 0 Å². The number of nitrogens with one attached hydrogen (secondary N) is 1. The first-order valence-corrected chi connectivity index (χ1v) is 12.2. The fourth-order valence-electron chi connectivity index (χ4n) is 3.50. The van der Waals surface area contributed by atoms with Crippen LogP contribution in [-0.2, 0) is 15.9 Å². The normalized spacial score (nSPS) is 13.1. The molecule has 3 rings (SSSR count). The highest BCUT2D eigenvalue weighted by molar-refractivity contribution is 7.97. The third-order valence-corrected chi connectivity index (χ3v) is 6.46. The van der Waals surface area contributed by atoms with Crippen LogP contribution >= 0.6 is 23.4 Å². The van der Waals surface area contributed by atoms with Crippen molar-refractivity contribution >= 4 is 44.4 Å². The van der Waals surface area contributed by atoms with E-state index in [0.717, 1.165) is 22.2 Å². The molecule has 1 aromatic heterocycles.